The predicted molar refractivity (Wildman–Crippen MR) is 178 cm³/mol. The monoisotopic (exact) mass is 662 g/mol. The van der Waals surface area contributed by atoms with Crippen LogP contribution in [0.4, 0.5) is 11.4 Å². The first-order chi connectivity index (χ1) is 21.7. The molecule has 4 aromatic rings. The van der Waals surface area contributed by atoms with Crippen LogP contribution in [0.25, 0.3) is 0 Å². The Hall–Kier alpha value is -4.74. The van der Waals surface area contributed by atoms with Gasteiger partial charge in [0.25, 0.3) is 15.7 Å². The smallest absolute Gasteiger partial charge is 0.271 e. The van der Waals surface area contributed by atoms with Gasteiger partial charge in [-0.3, -0.25) is 24.0 Å². The van der Waals surface area contributed by atoms with Crippen molar-refractivity contribution in [2.24, 2.45) is 0 Å². The van der Waals surface area contributed by atoms with Gasteiger partial charge in [-0.05, 0) is 62.2 Å². The molecule has 0 fully saturated rings. The van der Waals surface area contributed by atoms with Crippen LogP contribution in [-0.4, -0.2) is 48.2 Å². The molecule has 0 aromatic heterocycles. The molecule has 0 saturated heterocycles. The van der Waals surface area contributed by atoms with Gasteiger partial charge in [-0.2, -0.15) is 0 Å². The zero-order valence-electron chi connectivity index (χ0n) is 25.7. The molecule has 0 heterocycles. The Morgan fingerprint density at radius 1 is 0.870 bits per heavy atom. The summed E-state index contributed by atoms with van der Waals surface area (Å²) in [5, 5.41) is 15.0. The summed E-state index contributed by atoms with van der Waals surface area (Å²) in [6, 6.07) is 27.5. The number of sulfonamides is 1. The molecule has 1 N–H and O–H groups in total. The van der Waals surface area contributed by atoms with Crippen LogP contribution in [0.3, 0.4) is 0 Å². The van der Waals surface area contributed by atoms with Crippen molar-refractivity contribution >= 4 is 44.8 Å². The number of amides is 2. The van der Waals surface area contributed by atoms with Crippen LogP contribution in [0.15, 0.2) is 114 Å². The number of anilines is 1. The Kier molecular flexibility index (Phi) is 10.8. The number of halogens is 1. The first-order valence-electron chi connectivity index (χ1n) is 14.5. The molecular weight excluding hydrogens is 628 g/mol. The number of nitro benzene ring substituents is 1. The van der Waals surface area contributed by atoms with E-state index < -0.39 is 44.9 Å². The van der Waals surface area contributed by atoms with Crippen molar-refractivity contribution in [1.82, 2.24) is 10.2 Å². The summed E-state index contributed by atoms with van der Waals surface area (Å²) in [7, 11) is -4.40. The number of nitrogens with one attached hydrogen (secondary N) is 1. The molecule has 0 aliphatic rings. The van der Waals surface area contributed by atoms with E-state index in [2.05, 4.69) is 5.32 Å². The van der Waals surface area contributed by atoms with Gasteiger partial charge < -0.3 is 10.2 Å². The molecule has 0 aliphatic heterocycles. The minimum atomic E-state index is -4.40. The summed E-state index contributed by atoms with van der Waals surface area (Å²) in [6.45, 7) is 4.66. The molecule has 10 nitrogen and oxygen atoms in total. The maximum Gasteiger partial charge on any atom is 0.271 e. The normalized spacial score (nSPS) is 12.2. The zero-order valence-corrected chi connectivity index (χ0v) is 27.2. The average molecular weight is 663 g/mol. The molecule has 0 spiro atoms. The number of hydrogen-bond donors (Lipinski definition) is 1. The maximum absolute atomic E-state index is 14.5. The molecule has 0 radical (unpaired) electrons. The fraction of sp³-hybridized carbons (Fsp3) is 0.235. The minimum absolute atomic E-state index is 0.0668. The number of carbonyl (C=O) groups excluding carboxylic acids is 2. The Morgan fingerprint density at radius 2 is 1.48 bits per heavy atom. The quantitative estimate of drug-likeness (QED) is 0.146. The Balaban J connectivity index is 1.84. The van der Waals surface area contributed by atoms with Crippen molar-refractivity contribution in [2.45, 2.75) is 50.2 Å². The van der Waals surface area contributed by atoms with Crippen molar-refractivity contribution in [1.29, 1.82) is 0 Å². The Labute approximate surface area is 273 Å². The van der Waals surface area contributed by atoms with Crippen LogP contribution in [0, 0.1) is 10.1 Å². The molecular formula is C34H35ClN4O6S. The first kappa shape index (κ1) is 34.1. The van der Waals surface area contributed by atoms with Gasteiger partial charge in [-0.25, -0.2) is 8.42 Å². The first-order valence-corrected chi connectivity index (χ1v) is 16.3. The van der Waals surface area contributed by atoms with Crippen molar-refractivity contribution in [3.05, 3.63) is 135 Å². The summed E-state index contributed by atoms with van der Waals surface area (Å²) in [4.78, 5) is 40.6. The lowest BCUT2D eigenvalue weighted by molar-refractivity contribution is -0.384. The van der Waals surface area contributed by atoms with Crippen LogP contribution < -0.4 is 9.62 Å². The third-order valence-electron chi connectivity index (χ3n) is 6.95. The van der Waals surface area contributed by atoms with E-state index in [1.165, 1.54) is 35.2 Å². The molecule has 1 atom stereocenters. The fourth-order valence-corrected chi connectivity index (χ4v) is 6.49. The van der Waals surface area contributed by atoms with E-state index in [4.69, 9.17) is 11.6 Å². The van der Waals surface area contributed by atoms with Crippen LogP contribution >= 0.6 is 11.6 Å². The van der Waals surface area contributed by atoms with Gasteiger partial charge in [0.05, 0.1) is 15.5 Å². The van der Waals surface area contributed by atoms with E-state index >= 15 is 0 Å². The highest BCUT2D eigenvalue weighted by Gasteiger charge is 2.36. The lowest BCUT2D eigenvalue weighted by atomic mass is 10.0. The number of benzene rings is 4. The molecule has 4 rings (SSSR count). The predicted octanol–water partition coefficient (Wildman–Crippen LogP) is 6.00. The van der Waals surface area contributed by atoms with E-state index in [1.54, 1.807) is 42.5 Å². The van der Waals surface area contributed by atoms with Gasteiger partial charge in [-0.15, -0.1) is 0 Å². The molecule has 12 heteroatoms. The van der Waals surface area contributed by atoms with Gasteiger partial charge in [0.1, 0.15) is 12.6 Å². The molecule has 0 saturated carbocycles. The zero-order chi connectivity index (χ0) is 33.5. The summed E-state index contributed by atoms with van der Waals surface area (Å²) < 4.78 is 28.9. The topological polar surface area (TPSA) is 130 Å². The Bertz CT molecular complexity index is 1800. The van der Waals surface area contributed by atoms with Crippen molar-refractivity contribution in [3.63, 3.8) is 0 Å². The van der Waals surface area contributed by atoms with Crippen molar-refractivity contribution in [2.75, 3.05) is 10.8 Å². The van der Waals surface area contributed by atoms with Crippen molar-refractivity contribution in [3.8, 4) is 0 Å². The third kappa shape index (κ3) is 8.92. The van der Waals surface area contributed by atoms with E-state index in [0.717, 1.165) is 15.9 Å². The van der Waals surface area contributed by atoms with Crippen molar-refractivity contribution < 1.29 is 22.9 Å². The molecule has 2 amide bonds. The fourth-order valence-electron chi connectivity index (χ4n) is 4.85. The summed E-state index contributed by atoms with van der Waals surface area (Å²) >= 11 is 6.27. The largest absolute Gasteiger partial charge is 0.350 e. The van der Waals surface area contributed by atoms with Crippen LogP contribution in [0.1, 0.15) is 31.9 Å². The molecule has 0 bridgehead atoms. The number of nitrogens with zero attached hydrogens (tertiary/aromatic N) is 3. The second kappa shape index (κ2) is 14.6. The average Bonchev–Trinajstić information content (AvgIpc) is 3.01. The molecule has 0 aliphatic carbocycles. The van der Waals surface area contributed by atoms with Crippen LogP contribution in [-0.2, 0) is 32.6 Å². The number of non-ortho nitro benzene ring substituents is 1. The Morgan fingerprint density at radius 3 is 2.09 bits per heavy atom. The number of nitro groups is 1. The van der Waals surface area contributed by atoms with E-state index in [9.17, 15) is 28.1 Å². The SMILES string of the molecule is CC(C)(C)NC(=O)[C@@H](Cc1ccccc1)N(Cc1cccc(Cl)c1)C(=O)CN(c1cccc([N+](=O)[O-])c1)S(=O)(=O)c1ccccc1. The summed E-state index contributed by atoms with van der Waals surface area (Å²) in [5.74, 6) is -1.13. The number of rotatable bonds is 12. The van der Waals surface area contributed by atoms with Gasteiger partial charge >= 0.3 is 0 Å². The number of hydrogen-bond acceptors (Lipinski definition) is 6. The highest BCUT2D eigenvalue weighted by Crippen LogP contribution is 2.28. The molecule has 0 unspecified atom stereocenters. The van der Waals surface area contributed by atoms with E-state index in [0.29, 0.717) is 10.6 Å². The molecule has 240 valence electrons. The highest BCUT2D eigenvalue weighted by molar-refractivity contribution is 7.92. The molecule has 4 aromatic carbocycles. The van der Waals surface area contributed by atoms with E-state index in [-0.39, 0.29) is 29.2 Å². The summed E-state index contributed by atoms with van der Waals surface area (Å²) in [5.41, 5.74) is 0.346. The highest BCUT2D eigenvalue weighted by atomic mass is 35.5. The van der Waals surface area contributed by atoms with Crippen LogP contribution in [0.2, 0.25) is 5.02 Å². The maximum atomic E-state index is 14.5. The number of carbonyl (C=O) groups is 2. The second-order valence-electron chi connectivity index (χ2n) is 11.7. The standard InChI is InChI=1S/C34H35ClN4O6S/c1-34(2,3)36-33(41)31(21-25-12-6-4-7-13-25)37(23-26-14-10-15-27(35)20-26)32(40)24-38(28-16-11-17-29(22-28)39(42)43)46(44,45)30-18-8-5-9-19-30/h4-20,22,31H,21,23-24H2,1-3H3,(H,36,41)/t31-/m1/s1. The molecule has 46 heavy (non-hydrogen) atoms. The minimum Gasteiger partial charge on any atom is -0.350 e. The summed E-state index contributed by atoms with van der Waals surface area (Å²) in [6.07, 6.45) is 0.136. The van der Waals surface area contributed by atoms with Gasteiger partial charge in [0, 0.05) is 35.7 Å². The third-order valence-corrected chi connectivity index (χ3v) is 8.97. The van der Waals surface area contributed by atoms with Gasteiger partial charge in [0.2, 0.25) is 11.8 Å². The lowest BCUT2D eigenvalue weighted by Gasteiger charge is -2.35. The second-order valence-corrected chi connectivity index (χ2v) is 14.0. The van der Waals surface area contributed by atoms with Gasteiger partial charge in [0.15, 0.2) is 0 Å². The lowest BCUT2D eigenvalue weighted by Crippen LogP contribution is -2.56. The van der Waals surface area contributed by atoms with Crippen LogP contribution in [0.5, 0.6) is 0 Å². The van der Waals surface area contributed by atoms with E-state index in [1.807, 2.05) is 51.1 Å². The van der Waals surface area contributed by atoms with Gasteiger partial charge in [-0.1, -0.05) is 78.3 Å².